The zero-order chi connectivity index (χ0) is 35.2. The first-order valence-electron chi connectivity index (χ1n) is 16.4. The van der Waals surface area contributed by atoms with E-state index in [0.717, 1.165) is 58.6 Å². The molecule has 1 saturated carbocycles. The summed E-state index contributed by atoms with van der Waals surface area (Å²) in [5, 5.41) is 0.802. The number of ether oxygens (including phenoxy) is 2. The average molecular weight is 700 g/mol. The number of benzene rings is 2. The minimum Gasteiger partial charge on any atom is -0.486 e. The van der Waals surface area contributed by atoms with Crippen LogP contribution in [0, 0.1) is 12.7 Å². The minimum atomic E-state index is -4.17. The van der Waals surface area contributed by atoms with E-state index in [9.17, 15) is 22.8 Å². The second-order valence-corrected chi connectivity index (χ2v) is 15.0. The molecule has 0 bridgehead atoms. The molecule has 1 N–H and O–H groups in total. The minimum absolute atomic E-state index is 0.0913. The van der Waals surface area contributed by atoms with Crippen LogP contribution >= 0.6 is 0 Å². The molecule has 3 aromatic rings. The number of anilines is 1. The first-order chi connectivity index (χ1) is 23.3. The Labute approximate surface area is 284 Å². The van der Waals surface area contributed by atoms with Gasteiger partial charge in [-0.3, -0.25) is 14.5 Å². The predicted octanol–water partition coefficient (Wildman–Crippen LogP) is 2.67. The lowest BCUT2D eigenvalue weighted by Crippen LogP contribution is -2.53. The number of nitrogens with zero attached hydrogens (tertiary/aromatic N) is 4. The number of hydrogen-bond donors (Lipinski definition) is 1. The number of methoxy groups -OCH3 is 1. The van der Waals surface area contributed by atoms with Crippen LogP contribution in [-0.2, 0) is 27.9 Å². The van der Waals surface area contributed by atoms with Gasteiger partial charge in [0.15, 0.2) is 11.6 Å². The van der Waals surface area contributed by atoms with Gasteiger partial charge in [-0.15, -0.1) is 0 Å². The molecule has 15 heteroatoms. The van der Waals surface area contributed by atoms with Gasteiger partial charge in [-0.1, -0.05) is 0 Å². The molecule has 2 fully saturated rings. The zero-order valence-corrected chi connectivity index (χ0v) is 29.2. The van der Waals surface area contributed by atoms with E-state index in [-0.39, 0.29) is 36.4 Å². The maximum atomic E-state index is 16.1. The predicted molar refractivity (Wildman–Crippen MR) is 181 cm³/mol. The summed E-state index contributed by atoms with van der Waals surface area (Å²) in [6.45, 7) is 5.13. The summed E-state index contributed by atoms with van der Waals surface area (Å²) in [6.07, 6.45) is 2.10. The van der Waals surface area contributed by atoms with Crippen LogP contribution in [0.1, 0.15) is 56.7 Å². The van der Waals surface area contributed by atoms with Crippen molar-refractivity contribution in [3.63, 3.8) is 0 Å². The van der Waals surface area contributed by atoms with Crippen LogP contribution in [0.3, 0.4) is 0 Å². The number of hydrogen-bond acceptors (Lipinski definition) is 10. The smallest absolute Gasteiger partial charge is 0.341 e. The Morgan fingerprint density at radius 1 is 1.08 bits per heavy atom. The molecule has 0 radical (unpaired) electrons. The van der Waals surface area contributed by atoms with Gasteiger partial charge < -0.3 is 23.7 Å². The molecule has 0 unspecified atom stereocenters. The molecule has 2 aromatic carbocycles. The van der Waals surface area contributed by atoms with Crippen LogP contribution in [0.15, 0.2) is 33.5 Å². The molecule has 2 amide bonds. The summed E-state index contributed by atoms with van der Waals surface area (Å²) in [6, 6.07) is 6.56. The number of rotatable bonds is 9. The molecule has 1 aromatic heterocycles. The van der Waals surface area contributed by atoms with Crippen LogP contribution < -0.4 is 20.0 Å². The van der Waals surface area contributed by atoms with E-state index in [4.69, 9.17) is 13.9 Å². The van der Waals surface area contributed by atoms with Gasteiger partial charge in [0, 0.05) is 64.0 Å². The first kappa shape index (κ1) is 34.8. The summed E-state index contributed by atoms with van der Waals surface area (Å²) in [5.41, 5.74) is 2.23. The van der Waals surface area contributed by atoms with Crippen molar-refractivity contribution < 1.29 is 36.3 Å². The van der Waals surface area contributed by atoms with Crippen molar-refractivity contribution in [2.75, 3.05) is 65.9 Å². The van der Waals surface area contributed by atoms with Crippen molar-refractivity contribution in [3.05, 3.63) is 68.3 Å². The summed E-state index contributed by atoms with van der Waals surface area (Å²) >= 11 is 0. The second-order valence-electron chi connectivity index (χ2n) is 13.1. The topological polar surface area (TPSA) is 142 Å². The van der Waals surface area contributed by atoms with Crippen molar-refractivity contribution >= 4 is 38.7 Å². The van der Waals surface area contributed by atoms with Crippen molar-refractivity contribution in [3.8, 4) is 5.75 Å². The fraction of sp³-hybridized carbons (Fsp3) is 0.500. The Morgan fingerprint density at radius 2 is 1.82 bits per heavy atom. The molecule has 0 spiro atoms. The third-order valence-electron chi connectivity index (χ3n) is 9.86. The highest BCUT2D eigenvalue weighted by molar-refractivity contribution is 7.87. The molecule has 3 aliphatic rings. The van der Waals surface area contributed by atoms with Crippen LogP contribution in [0.2, 0.25) is 0 Å². The van der Waals surface area contributed by atoms with Gasteiger partial charge in [0.1, 0.15) is 5.58 Å². The quantitative estimate of drug-likeness (QED) is 0.332. The molecule has 1 aliphatic carbocycles. The van der Waals surface area contributed by atoms with E-state index in [0.29, 0.717) is 37.0 Å². The average Bonchev–Trinajstić information content (AvgIpc) is 3.04. The summed E-state index contributed by atoms with van der Waals surface area (Å²) in [5.74, 6) is -3.33. The van der Waals surface area contributed by atoms with E-state index < -0.39 is 39.2 Å². The Bertz CT molecular complexity index is 1960. The number of likely N-dealkylation sites (N-methyl/N-ethyl adjacent to an activating group) is 1. The maximum Gasteiger partial charge on any atom is 0.341 e. The number of fused-ring (bicyclic) bond motifs is 3. The maximum absolute atomic E-state index is 16.1. The fourth-order valence-electron chi connectivity index (χ4n) is 6.61. The van der Waals surface area contributed by atoms with Gasteiger partial charge in [-0.05, 0) is 69.5 Å². The summed E-state index contributed by atoms with van der Waals surface area (Å²) in [4.78, 5) is 46.1. The molecule has 6 rings (SSSR count). The first-order valence-corrected chi connectivity index (χ1v) is 17.8. The van der Waals surface area contributed by atoms with E-state index in [2.05, 4.69) is 16.8 Å². The Kier molecular flexibility index (Phi) is 9.72. The molecule has 2 aliphatic heterocycles. The number of piperazine rings is 1. The highest BCUT2D eigenvalue weighted by Crippen LogP contribution is 2.35. The Balaban J connectivity index is 1.28. The largest absolute Gasteiger partial charge is 0.486 e. The normalized spacial score (nSPS) is 18.8. The van der Waals surface area contributed by atoms with E-state index >= 15 is 4.39 Å². The number of aryl methyl sites for hydroxylation is 1. The van der Waals surface area contributed by atoms with E-state index in [1.807, 2.05) is 23.8 Å². The van der Waals surface area contributed by atoms with Crippen LogP contribution in [0.25, 0.3) is 11.0 Å². The van der Waals surface area contributed by atoms with Gasteiger partial charge in [0.2, 0.25) is 0 Å². The Hall–Kier alpha value is -4.05. The third-order valence-corrected chi connectivity index (χ3v) is 11.3. The second kappa shape index (κ2) is 13.7. The van der Waals surface area contributed by atoms with Gasteiger partial charge in [-0.2, -0.15) is 12.7 Å². The molecular weight excluding hydrogens is 657 g/mol. The standard InChI is InChI=1S/C34H42FN5O8S/c1-20-28(39-16-15-38(4)21(17-39)19-46-5)12-11-24-23-13-14-40(18-27(23)34(43)48-30(20)24)33(42)25-9-10-26(32(41)36-49(44,45)37(2)3)31(29(25)35)47-22-7-6-8-22/h9-12,21-22H,6-8,13-19H2,1-5H3,(H,36,41)/t21-/m1/s1. The molecule has 1 saturated heterocycles. The molecule has 13 nitrogen and oxygen atoms in total. The lowest BCUT2D eigenvalue weighted by molar-refractivity contribution is 0.0721. The summed E-state index contributed by atoms with van der Waals surface area (Å²) < 4.78 is 60.6. The van der Waals surface area contributed by atoms with Crippen molar-refractivity contribution in [1.29, 1.82) is 0 Å². The molecule has 3 heterocycles. The zero-order valence-electron chi connectivity index (χ0n) is 28.4. The lowest BCUT2D eigenvalue weighted by atomic mass is 9.94. The Morgan fingerprint density at radius 3 is 2.49 bits per heavy atom. The van der Waals surface area contributed by atoms with Crippen LogP contribution in [0.4, 0.5) is 10.1 Å². The monoisotopic (exact) mass is 699 g/mol. The van der Waals surface area contributed by atoms with Gasteiger partial charge in [0.25, 0.3) is 11.8 Å². The SMILES string of the molecule is COC[C@H]1CN(c2ccc3c4c(c(=O)oc3c2C)CN(C(=O)c2ccc(C(=O)NS(=O)(=O)N(C)C)c(OC3CCC3)c2F)CC4)CCN1C. The lowest BCUT2D eigenvalue weighted by Gasteiger charge is -2.41. The fourth-order valence-corrected chi connectivity index (χ4v) is 7.14. The van der Waals surface area contributed by atoms with E-state index in [1.165, 1.54) is 25.1 Å². The summed E-state index contributed by atoms with van der Waals surface area (Å²) in [7, 11) is 2.10. The number of halogens is 1. The van der Waals surface area contributed by atoms with Gasteiger partial charge in [0.05, 0.1) is 42.0 Å². The van der Waals surface area contributed by atoms with E-state index in [1.54, 1.807) is 7.11 Å². The van der Waals surface area contributed by atoms with Crippen LogP contribution in [-0.4, -0.2) is 108 Å². The number of carbonyl (C=O) groups is 2. The van der Waals surface area contributed by atoms with Gasteiger partial charge >= 0.3 is 15.8 Å². The molecular formula is C34H42FN5O8S. The molecule has 264 valence electrons. The highest BCUT2D eigenvalue weighted by atomic mass is 32.2. The number of carbonyl (C=O) groups excluding carboxylic acids is 2. The molecule has 49 heavy (non-hydrogen) atoms. The van der Waals surface area contributed by atoms with Crippen LogP contribution in [0.5, 0.6) is 5.75 Å². The van der Waals surface area contributed by atoms with Crippen molar-refractivity contribution in [1.82, 2.24) is 18.8 Å². The third kappa shape index (κ3) is 6.64. The van der Waals surface area contributed by atoms with Crippen molar-refractivity contribution in [2.45, 2.75) is 51.3 Å². The number of nitrogens with one attached hydrogen (secondary N) is 1. The number of amides is 2. The molecule has 1 atom stereocenters. The highest BCUT2D eigenvalue weighted by Gasteiger charge is 2.33. The van der Waals surface area contributed by atoms with Crippen molar-refractivity contribution in [2.24, 2.45) is 0 Å². The van der Waals surface area contributed by atoms with Gasteiger partial charge in [-0.25, -0.2) is 13.9 Å².